The Morgan fingerprint density at radius 2 is 1.06 bits per heavy atom. The van der Waals surface area contributed by atoms with Gasteiger partial charge in [-0.25, -0.2) is 4.79 Å². The fourth-order valence-corrected chi connectivity index (χ4v) is 7.05. The van der Waals surface area contributed by atoms with E-state index in [0.29, 0.717) is 19.3 Å². The summed E-state index contributed by atoms with van der Waals surface area (Å²) in [5, 5.41) is 72.9. The van der Waals surface area contributed by atoms with Crippen molar-refractivity contribution in [2.75, 3.05) is 13.2 Å². The average Bonchev–Trinajstić information content (AvgIpc) is 3.30. The first-order chi connectivity index (χ1) is 31.5. The minimum absolute atomic E-state index is 0.0570. The van der Waals surface area contributed by atoms with Crippen LogP contribution in [0.15, 0.2) is 72.9 Å². The van der Waals surface area contributed by atoms with Gasteiger partial charge >= 0.3 is 11.9 Å². The Balaban J connectivity index is 2.09. The van der Waals surface area contributed by atoms with E-state index in [2.05, 4.69) is 86.8 Å². The monoisotopic (exact) mass is 923 g/mol. The molecule has 372 valence electrons. The molecular formula is C50H82O15. The summed E-state index contributed by atoms with van der Waals surface area (Å²) in [7, 11) is 0. The summed E-state index contributed by atoms with van der Waals surface area (Å²) in [6.07, 6.45) is 20.2. The number of hydrogen-bond acceptors (Lipinski definition) is 15. The normalized spacial score (nSPS) is 27.5. The molecule has 0 bridgehead atoms. The van der Waals surface area contributed by atoms with Crippen molar-refractivity contribution in [3.63, 3.8) is 0 Å². The van der Waals surface area contributed by atoms with Crippen LogP contribution in [0.25, 0.3) is 0 Å². The third-order valence-electron chi connectivity index (χ3n) is 10.9. The van der Waals surface area contributed by atoms with Crippen molar-refractivity contribution in [3.8, 4) is 0 Å². The molecule has 0 aliphatic carbocycles. The van der Waals surface area contributed by atoms with Gasteiger partial charge in [-0.1, -0.05) is 126 Å². The van der Waals surface area contributed by atoms with Crippen molar-refractivity contribution in [1.82, 2.24) is 0 Å². The minimum atomic E-state index is -1.89. The van der Waals surface area contributed by atoms with Crippen LogP contribution < -0.4 is 0 Å². The molecule has 0 amide bonds. The predicted molar refractivity (Wildman–Crippen MR) is 247 cm³/mol. The van der Waals surface area contributed by atoms with Crippen LogP contribution in [0.3, 0.4) is 0 Å². The summed E-state index contributed by atoms with van der Waals surface area (Å²) < 4.78 is 33.9. The smallest absolute Gasteiger partial charge is 0.350 e. The molecule has 2 aliphatic heterocycles. The van der Waals surface area contributed by atoms with Crippen molar-refractivity contribution in [1.29, 1.82) is 0 Å². The van der Waals surface area contributed by atoms with Crippen molar-refractivity contribution in [3.05, 3.63) is 72.9 Å². The van der Waals surface area contributed by atoms with E-state index in [-0.39, 0.29) is 19.4 Å². The van der Waals surface area contributed by atoms with E-state index in [0.717, 1.165) is 89.9 Å². The summed E-state index contributed by atoms with van der Waals surface area (Å²) >= 11 is 0. The molecule has 15 heteroatoms. The first kappa shape index (κ1) is 58.1. The largest absolute Gasteiger partial charge is 0.463 e. The Bertz CT molecular complexity index is 1430. The molecule has 2 heterocycles. The Kier molecular flexibility index (Phi) is 32.2. The van der Waals surface area contributed by atoms with Gasteiger partial charge in [0.1, 0.15) is 48.8 Å². The van der Waals surface area contributed by atoms with E-state index < -0.39 is 92.4 Å². The highest BCUT2D eigenvalue weighted by Gasteiger charge is 2.49. The number of aliphatic hydroxyl groups is 7. The van der Waals surface area contributed by atoms with Crippen LogP contribution in [-0.2, 0) is 38.0 Å². The van der Waals surface area contributed by atoms with Crippen LogP contribution in [0.5, 0.6) is 0 Å². The summed E-state index contributed by atoms with van der Waals surface area (Å²) in [4.78, 5) is 26.9. The van der Waals surface area contributed by atoms with Gasteiger partial charge in [0.2, 0.25) is 6.10 Å². The van der Waals surface area contributed by atoms with Crippen molar-refractivity contribution in [2.24, 2.45) is 0 Å². The minimum Gasteiger partial charge on any atom is -0.463 e. The summed E-state index contributed by atoms with van der Waals surface area (Å²) in [6, 6.07) is 0. The highest BCUT2D eigenvalue weighted by molar-refractivity contribution is 5.80. The average molecular weight is 923 g/mol. The number of rotatable bonds is 34. The summed E-state index contributed by atoms with van der Waals surface area (Å²) in [6.45, 7) is 5.49. The molecule has 12 atom stereocenters. The Morgan fingerprint density at radius 1 is 0.554 bits per heavy atom. The fourth-order valence-electron chi connectivity index (χ4n) is 7.05. The third-order valence-corrected chi connectivity index (χ3v) is 10.9. The number of hydrogen-bond donors (Lipinski definition) is 7. The molecule has 2 saturated heterocycles. The lowest BCUT2D eigenvalue weighted by Gasteiger charge is -2.43. The van der Waals surface area contributed by atoms with Crippen LogP contribution in [0.1, 0.15) is 143 Å². The van der Waals surface area contributed by atoms with E-state index in [1.807, 2.05) is 6.92 Å². The van der Waals surface area contributed by atoms with Gasteiger partial charge < -0.3 is 64.2 Å². The second kappa shape index (κ2) is 36.0. The molecule has 0 radical (unpaired) electrons. The number of esters is 2. The molecule has 2 unspecified atom stereocenters. The number of ether oxygens (including phenoxy) is 6. The number of aliphatic hydroxyl groups excluding tert-OH is 7. The number of carbonyl (C=O) groups excluding carboxylic acids is 2. The number of carbonyl (C=O) groups is 2. The maximum atomic E-state index is 13.6. The lowest BCUT2D eigenvalue weighted by molar-refractivity contribution is -0.356. The Hall–Kier alpha value is -3.06. The molecule has 0 aromatic carbocycles. The zero-order valence-electron chi connectivity index (χ0n) is 39.1. The van der Waals surface area contributed by atoms with Gasteiger partial charge in [-0.3, -0.25) is 4.79 Å². The van der Waals surface area contributed by atoms with Crippen LogP contribution >= 0.6 is 0 Å². The summed E-state index contributed by atoms with van der Waals surface area (Å²) in [5.74, 6) is -1.46. The fraction of sp³-hybridized carbons (Fsp3) is 0.720. The first-order valence-electron chi connectivity index (χ1n) is 24.1. The topological polar surface area (TPSA) is 231 Å². The number of unbranched alkanes of at least 4 members (excludes halogenated alkanes) is 8. The van der Waals surface area contributed by atoms with E-state index in [9.17, 15) is 45.3 Å². The molecule has 7 N–H and O–H groups in total. The molecule has 2 rings (SSSR count). The standard InChI is InChI=1S/C50H82O15/c1-4-7-9-11-13-15-17-19-20-22-24-26-28-30-32-34-39(51)64-46(48(59)60-35-6-3)37(33-31-29-27-25-23-21-18-16-14-12-10-8-5-2)62-50-45(57)41(53)40(52)38(63-50)36-61-49-44(56)42(54)43(55)47(58)65-49/h7-10,13-16,19-21,23,37-38,40-47,49-50,52-58H,4-6,11-12,17-18,22,24-36H2,1-3H3/b9-7+,10-8-,15-13+,16-14-,20-19+,23-21-/t37?,38-,40+,41+,42+,43-,44-,45-,46?,47+,49+,50-/m1/s1. The van der Waals surface area contributed by atoms with Gasteiger partial charge in [0.25, 0.3) is 0 Å². The maximum Gasteiger partial charge on any atom is 0.350 e. The van der Waals surface area contributed by atoms with Crippen LogP contribution in [0.4, 0.5) is 0 Å². The van der Waals surface area contributed by atoms with Gasteiger partial charge in [-0.15, -0.1) is 0 Å². The molecular weight excluding hydrogens is 841 g/mol. The second-order valence-electron chi connectivity index (χ2n) is 16.5. The van der Waals surface area contributed by atoms with E-state index in [4.69, 9.17) is 28.4 Å². The van der Waals surface area contributed by atoms with Gasteiger partial charge in [0.05, 0.1) is 13.2 Å². The molecule has 15 nitrogen and oxygen atoms in total. The molecule has 0 spiro atoms. The SMILES string of the molecule is CC/C=C\C/C=C\C/C=C\CCCCCC(O[C@@H]1O[C@H](CO[C@H]2O[C@H](O)[C@H](O)[C@H](O)[C@H]2O)[C@H](O)[C@H](O)[C@H]1O)C(OC(=O)CCCCCCC/C=C/C/C=C/C/C=C/CC)C(=O)OCCC. The van der Waals surface area contributed by atoms with Crippen LogP contribution in [0, 0.1) is 0 Å². The first-order valence-corrected chi connectivity index (χ1v) is 24.1. The molecule has 2 aliphatic rings. The zero-order valence-corrected chi connectivity index (χ0v) is 39.1. The van der Waals surface area contributed by atoms with E-state index in [1.54, 1.807) is 0 Å². The lowest BCUT2D eigenvalue weighted by Crippen LogP contribution is -2.62. The predicted octanol–water partition coefficient (Wildman–Crippen LogP) is 6.22. The quantitative estimate of drug-likeness (QED) is 0.0216. The summed E-state index contributed by atoms with van der Waals surface area (Å²) in [5.41, 5.74) is 0. The zero-order chi connectivity index (χ0) is 47.7. The Morgan fingerprint density at radius 3 is 1.65 bits per heavy atom. The molecule has 0 saturated carbocycles. The highest BCUT2D eigenvalue weighted by Crippen LogP contribution is 2.28. The van der Waals surface area contributed by atoms with Gasteiger partial charge in [0.15, 0.2) is 18.9 Å². The van der Waals surface area contributed by atoms with Crippen molar-refractivity contribution in [2.45, 2.75) is 217 Å². The van der Waals surface area contributed by atoms with Crippen LogP contribution in [0.2, 0.25) is 0 Å². The third kappa shape index (κ3) is 24.0. The molecule has 65 heavy (non-hydrogen) atoms. The number of allylic oxidation sites excluding steroid dienone is 12. The van der Waals surface area contributed by atoms with Gasteiger partial charge in [0, 0.05) is 6.42 Å². The van der Waals surface area contributed by atoms with Gasteiger partial charge in [-0.2, -0.15) is 0 Å². The van der Waals surface area contributed by atoms with Crippen molar-refractivity contribution < 1.29 is 73.8 Å². The van der Waals surface area contributed by atoms with Crippen molar-refractivity contribution >= 4 is 11.9 Å². The van der Waals surface area contributed by atoms with E-state index in [1.165, 1.54) is 0 Å². The lowest BCUT2D eigenvalue weighted by atomic mass is 9.98. The second-order valence-corrected chi connectivity index (χ2v) is 16.5. The molecule has 2 fully saturated rings. The van der Waals surface area contributed by atoms with Gasteiger partial charge in [-0.05, 0) is 83.5 Å². The van der Waals surface area contributed by atoms with Crippen LogP contribution in [-0.4, -0.2) is 135 Å². The molecule has 0 aromatic heterocycles. The Labute approximate surface area is 387 Å². The highest BCUT2D eigenvalue weighted by atomic mass is 16.8. The molecule has 0 aromatic rings. The van der Waals surface area contributed by atoms with E-state index >= 15 is 0 Å². The maximum absolute atomic E-state index is 13.6.